The van der Waals surface area contributed by atoms with E-state index in [-0.39, 0.29) is 10.7 Å². The summed E-state index contributed by atoms with van der Waals surface area (Å²) in [6.07, 6.45) is 0. The maximum atomic E-state index is 13.0. The molecule has 0 aliphatic heterocycles. The van der Waals surface area contributed by atoms with Crippen LogP contribution in [0, 0.1) is 5.82 Å². The smallest absolute Gasteiger partial charge is 0.328 e. The number of carbonyl (C=O) groups excluding carboxylic acids is 1. The number of hydrogen-bond donors (Lipinski definition) is 2. The van der Waals surface area contributed by atoms with E-state index >= 15 is 0 Å². The third kappa shape index (κ3) is 3.49. The van der Waals surface area contributed by atoms with Gasteiger partial charge in [-0.1, -0.05) is 11.6 Å². The molecule has 0 aliphatic carbocycles. The third-order valence-electron chi connectivity index (χ3n) is 2.10. The summed E-state index contributed by atoms with van der Waals surface area (Å²) in [6.45, 7) is 3.63. The molecule has 0 saturated heterocycles. The van der Waals surface area contributed by atoms with Crippen LogP contribution in [0.3, 0.4) is 0 Å². The summed E-state index contributed by atoms with van der Waals surface area (Å²) in [5.41, 5.74) is 5.77. The van der Waals surface area contributed by atoms with E-state index in [2.05, 4.69) is 5.32 Å². The predicted molar refractivity (Wildman–Crippen MR) is 65.5 cm³/mol. The number of rotatable bonds is 4. The molecule has 0 saturated carbocycles. The maximum absolute atomic E-state index is 13.0. The number of nitrogen functional groups attached to an aromatic ring is 1. The van der Waals surface area contributed by atoms with Gasteiger partial charge < -0.3 is 15.8 Å². The van der Waals surface area contributed by atoms with Crippen LogP contribution in [0.2, 0.25) is 5.02 Å². The van der Waals surface area contributed by atoms with E-state index in [1.54, 1.807) is 13.8 Å². The Labute approximate surface area is 104 Å². The molecular formula is C11H14ClFN2O2. The van der Waals surface area contributed by atoms with E-state index in [1.807, 2.05) is 0 Å². The molecular weight excluding hydrogens is 247 g/mol. The summed E-state index contributed by atoms with van der Waals surface area (Å²) in [6, 6.07) is 1.85. The predicted octanol–water partition coefficient (Wildman–Crippen LogP) is 2.42. The molecule has 4 nitrogen and oxygen atoms in total. The van der Waals surface area contributed by atoms with Crippen molar-refractivity contribution in [2.75, 3.05) is 17.7 Å². The maximum Gasteiger partial charge on any atom is 0.328 e. The van der Waals surface area contributed by atoms with Crippen molar-refractivity contribution in [2.45, 2.75) is 19.9 Å². The first-order chi connectivity index (χ1) is 7.95. The zero-order valence-electron chi connectivity index (χ0n) is 9.59. The van der Waals surface area contributed by atoms with Gasteiger partial charge in [-0.3, -0.25) is 0 Å². The van der Waals surface area contributed by atoms with Crippen LogP contribution in [-0.4, -0.2) is 18.6 Å². The number of ether oxygens (including phenoxy) is 1. The molecule has 0 bridgehead atoms. The van der Waals surface area contributed by atoms with Crippen molar-refractivity contribution >= 4 is 28.9 Å². The van der Waals surface area contributed by atoms with Gasteiger partial charge in [-0.25, -0.2) is 9.18 Å². The van der Waals surface area contributed by atoms with E-state index in [1.165, 1.54) is 6.07 Å². The summed E-state index contributed by atoms with van der Waals surface area (Å²) >= 11 is 5.82. The number of nitrogens with one attached hydrogen (secondary N) is 1. The Morgan fingerprint density at radius 1 is 1.65 bits per heavy atom. The van der Waals surface area contributed by atoms with Crippen LogP contribution in [0.5, 0.6) is 0 Å². The highest BCUT2D eigenvalue weighted by Gasteiger charge is 2.15. The number of anilines is 2. The van der Waals surface area contributed by atoms with E-state index in [4.69, 9.17) is 22.1 Å². The highest BCUT2D eigenvalue weighted by molar-refractivity contribution is 6.33. The first-order valence-electron chi connectivity index (χ1n) is 5.13. The molecule has 0 aliphatic rings. The largest absolute Gasteiger partial charge is 0.464 e. The second-order valence-corrected chi connectivity index (χ2v) is 3.88. The van der Waals surface area contributed by atoms with Crippen molar-refractivity contribution in [3.8, 4) is 0 Å². The van der Waals surface area contributed by atoms with Gasteiger partial charge in [0.1, 0.15) is 11.9 Å². The van der Waals surface area contributed by atoms with E-state index in [9.17, 15) is 9.18 Å². The Hall–Kier alpha value is -1.49. The van der Waals surface area contributed by atoms with Gasteiger partial charge in [0.2, 0.25) is 0 Å². The molecule has 0 heterocycles. The minimum absolute atomic E-state index is 0.0343. The molecule has 94 valence electrons. The molecule has 0 spiro atoms. The molecule has 3 N–H and O–H groups in total. The molecule has 17 heavy (non-hydrogen) atoms. The number of benzene rings is 1. The Kier molecular flexibility index (Phi) is 4.57. The fourth-order valence-corrected chi connectivity index (χ4v) is 1.44. The number of nitrogens with two attached hydrogens (primary N) is 1. The Morgan fingerprint density at radius 3 is 2.88 bits per heavy atom. The van der Waals surface area contributed by atoms with Crippen molar-refractivity contribution in [1.82, 2.24) is 0 Å². The molecule has 1 atom stereocenters. The van der Waals surface area contributed by atoms with E-state index < -0.39 is 17.8 Å². The number of esters is 1. The van der Waals surface area contributed by atoms with Crippen molar-refractivity contribution in [3.63, 3.8) is 0 Å². The zero-order valence-corrected chi connectivity index (χ0v) is 10.3. The summed E-state index contributed by atoms with van der Waals surface area (Å²) in [4.78, 5) is 11.4. The van der Waals surface area contributed by atoms with Gasteiger partial charge in [0.05, 0.1) is 23.0 Å². The van der Waals surface area contributed by atoms with Crippen molar-refractivity contribution < 1.29 is 13.9 Å². The monoisotopic (exact) mass is 260 g/mol. The highest BCUT2D eigenvalue weighted by Crippen LogP contribution is 2.27. The molecule has 1 aromatic rings. The van der Waals surface area contributed by atoms with E-state index in [0.29, 0.717) is 12.3 Å². The molecule has 0 amide bonds. The van der Waals surface area contributed by atoms with Gasteiger partial charge >= 0.3 is 5.97 Å². The van der Waals surface area contributed by atoms with Gasteiger partial charge in [0.15, 0.2) is 0 Å². The Balaban J connectivity index is 2.81. The van der Waals surface area contributed by atoms with Gasteiger partial charge in [0.25, 0.3) is 0 Å². The summed E-state index contributed by atoms with van der Waals surface area (Å²) in [7, 11) is 0. The van der Waals surface area contributed by atoms with Gasteiger partial charge in [-0.15, -0.1) is 0 Å². The first-order valence-corrected chi connectivity index (χ1v) is 5.51. The average molecular weight is 261 g/mol. The van der Waals surface area contributed by atoms with Crippen LogP contribution in [0.1, 0.15) is 13.8 Å². The van der Waals surface area contributed by atoms with Crippen LogP contribution in [0.4, 0.5) is 15.8 Å². The fourth-order valence-electron chi connectivity index (χ4n) is 1.24. The Bertz CT molecular complexity index is 426. The molecule has 1 rings (SSSR count). The van der Waals surface area contributed by atoms with Gasteiger partial charge in [-0.2, -0.15) is 0 Å². The third-order valence-corrected chi connectivity index (χ3v) is 2.41. The molecule has 0 radical (unpaired) electrons. The summed E-state index contributed by atoms with van der Waals surface area (Å²) < 4.78 is 17.9. The quantitative estimate of drug-likeness (QED) is 0.645. The van der Waals surface area contributed by atoms with Crippen LogP contribution >= 0.6 is 11.6 Å². The van der Waals surface area contributed by atoms with E-state index in [0.717, 1.165) is 6.07 Å². The minimum atomic E-state index is -0.593. The fraction of sp³-hybridized carbons (Fsp3) is 0.364. The van der Waals surface area contributed by atoms with Crippen LogP contribution in [-0.2, 0) is 9.53 Å². The van der Waals surface area contributed by atoms with Gasteiger partial charge in [-0.05, 0) is 26.0 Å². The zero-order chi connectivity index (χ0) is 13.0. The minimum Gasteiger partial charge on any atom is -0.464 e. The summed E-state index contributed by atoms with van der Waals surface area (Å²) in [5, 5.41) is 2.97. The second-order valence-electron chi connectivity index (χ2n) is 3.47. The lowest BCUT2D eigenvalue weighted by Crippen LogP contribution is -2.28. The second kappa shape index (κ2) is 5.72. The SMILES string of the molecule is CCOC(=O)C(C)Nc1cc(N)c(F)cc1Cl. The van der Waals surface area contributed by atoms with Crippen molar-refractivity contribution in [2.24, 2.45) is 0 Å². The van der Waals surface area contributed by atoms with Gasteiger partial charge in [0, 0.05) is 0 Å². The highest BCUT2D eigenvalue weighted by atomic mass is 35.5. The molecule has 6 heteroatoms. The number of hydrogen-bond acceptors (Lipinski definition) is 4. The standard InChI is InChI=1S/C11H14ClFN2O2/c1-3-17-11(16)6(2)15-10-5-9(14)8(13)4-7(10)12/h4-6,15H,3,14H2,1-2H3. The Morgan fingerprint density at radius 2 is 2.29 bits per heavy atom. The lowest BCUT2D eigenvalue weighted by molar-refractivity contribution is -0.143. The lowest BCUT2D eigenvalue weighted by atomic mass is 10.2. The number of halogens is 2. The number of carbonyl (C=O) groups is 1. The first kappa shape index (κ1) is 13.6. The van der Waals surface area contributed by atoms with Crippen LogP contribution in [0.15, 0.2) is 12.1 Å². The van der Waals surface area contributed by atoms with Crippen LogP contribution < -0.4 is 11.1 Å². The summed E-state index contributed by atoms with van der Waals surface area (Å²) in [5.74, 6) is -1.00. The molecule has 1 aromatic carbocycles. The van der Waals surface area contributed by atoms with Crippen LogP contribution in [0.25, 0.3) is 0 Å². The van der Waals surface area contributed by atoms with Crippen molar-refractivity contribution in [1.29, 1.82) is 0 Å². The molecule has 1 unspecified atom stereocenters. The lowest BCUT2D eigenvalue weighted by Gasteiger charge is -2.15. The van der Waals surface area contributed by atoms with Crippen molar-refractivity contribution in [3.05, 3.63) is 23.0 Å². The topological polar surface area (TPSA) is 64.3 Å². The molecule has 0 aromatic heterocycles. The average Bonchev–Trinajstić information content (AvgIpc) is 2.26. The normalized spacial score (nSPS) is 12.0. The molecule has 0 fully saturated rings.